The number of benzene rings is 1. The zero-order valence-corrected chi connectivity index (χ0v) is 11.6. The second kappa shape index (κ2) is 7.37. The molecule has 0 heterocycles. The number of halogens is 1. The van der Waals surface area contributed by atoms with E-state index in [0.29, 0.717) is 12.6 Å². The van der Waals surface area contributed by atoms with Crippen LogP contribution in [0, 0.1) is 5.82 Å². The summed E-state index contributed by atoms with van der Waals surface area (Å²) in [6.45, 7) is 8.18. The lowest BCUT2D eigenvalue weighted by molar-refractivity contribution is 0.208. The molecule has 0 spiro atoms. The molecule has 0 radical (unpaired) electrons. The smallest absolute Gasteiger partial charge is 0.127 e. The Hall–Kier alpha value is -1.09. The van der Waals surface area contributed by atoms with Crippen molar-refractivity contribution in [3.05, 3.63) is 29.6 Å². The molecule has 1 aromatic carbocycles. The van der Waals surface area contributed by atoms with E-state index in [1.165, 1.54) is 18.9 Å². The molecule has 0 aliphatic rings. The summed E-state index contributed by atoms with van der Waals surface area (Å²) in [5, 5.41) is 9.40. The summed E-state index contributed by atoms with van der Waals surface area (Å²) in [4.78, 5) is 2.31. The van der Waals surface area contributed by atoms with E-state index in [4.69, 9.17) is 0 Å². The number of nitrogens with zero attached hydrogens (tertiary/aromatic N) is 1. The summed E-state index contributed by atoms with van der Waals surface area (Å²) in [5.41, 5.74) is 0.831. The SMILES string of the molecule is CCCCCN(Cc1cc(O)cc(F)c1)C(C)C. The zero-order valence-electron chi connectivity index (χ0n) is 11.6. The lowest BCUT2D eigenvalue weighted by Gasteiger charge is -2.26. The first-order valence-corrected chi connectivity index (χ1v) is 6.75. The number of phenolic OH excluding ortho intramolecular Hbond substituents is 1. The number of aromatic hydroxyl groups is 1. The largest absolute Gasteiger partial charge is 0.508 e. The maximum Gasteiger partial charge on any atom is 0.127 e. The van der Waals surface area contributed by atoms with Crippen LogP contribution in [0.5, 0.6) is 5.75 Å². The monoisotopic (exact) mass is 253 g/mol. The fraction of sp³-hybridized carbons (Fsp3) is 0.600. The molecule has 3 heteroatoms. The van der Waals surface area contributed by atoms with Crippen LogP contribution < -0.4 is 0 Å². The van der Waals surface area contributed by atoms with E-state index in [2.05, 4.69) is 25.7 Å². The highest BCUT2D eigenvalue weighted by atomic mass is 19.1. The lowest BCUT2D eigenvalue weighted by Crippen LogP contribution is -2.31. The minimum Gasteiger partial charge on any atom is -0.508 e. The van der Waals surface area contributed by atoms with Crippen molar-refractivity contribution in [1.29, 1.82) is 0 Å². The van der Waals surface area contributed by atoms with Crippen LogP contribution in [0.15, 0.2) is 18.2 Å². The van der Waals surface area contributed by atoms with Gasteiger partial charge in [-0.25, -0.2) is 4.39 Å². The molecule has 18 heavy (non-hydrogen) atoms. The van der Waals surface area contributed by atoms with Crippen molar-refractivity contribution in [2.45, 2.75) is 52.6 Å². The zero-order chi connectivity index (χ0) is 13.5. The summed E-state index contributed by atoms with van der Waals surface area (Å²) in [5.74, 6) is -0.371. The summed E-state index contributed by atoms with van der Waals surface area (Å²) in [6.07, 6.45) is 3.58. The second-order valence-corrected chi connectivity index (χ2v) is 5.09. The van der Waals surface area contributed by atoms with E-state index in [1.54, 1.807) is 6.07 Å². The van der Waals surface area contributed by atoms with Gasteiger partial charge < -0.3 is 5.11 Å². The third kappa shape index (κ3) is 5.05. The fourth-order valence-electron chi connectivity index (χ4n) is 2.04. The average molecular weight is 253 g/mol. The van der Waals surface area contributed by atoms with Crippen molar-refractivity contribution >= 4 is 0 Å². The predicted molar refractivity (Wildman–Crippen MR) is 73.1 cm³/mol. The second-order valence-electron chi connectivity index (χ2n) is 5.09. The van der Waals surface area contributed by atoms with E-state index < -0.39 is 0 Å². The average Bonchev–Trinajstić information content (AvgIpc) is 2.26. The molecule has 102 valence electrons. The molecule has 1 rings (SSSR count). The van der Waals surface area contributed by atoms with E-state index in [9.17, 15) is 9.50 Å². The molecule has 2 nitrogen and oxygen atoms in total. The van der Waals surface area contributed by atoms with Gasteiger partial charge in [0.05, 0.1) is 0 Å². The van der Waals surface area contributed by atoms with Crippen molar-refractivity contribution in [1.82, 2.24) is 4.90 Å². The lowest BCUT2D eigenvalue weighted by atomic mass is 10.1. The molecule has 0 atom stereocenters. The Balaban J connectivity index is 2.64. The van der Waals surface area contributed by atoms with Crippen LogP contribution in [-0.2, 0) is 6.54 Å². The number of unbranched alkanes of at least 4 members (excludes halogenated alkanes) is 2. The predicted octanol–water partition coefficient (Wildman–Crippen LogP) is 3.93. The van der Waals surface area contributed by atoms with E-state index in [-0.39, 0.29) is 11.6 Å². The van der Waals surface area contributed by atoms with Crippen LogP contribution in [0.1, 0.15) is 45.6 Å². The standard InChI is InChI=1S/C15H24FNO/c1-4-5-6-7-17(12(2)3)11-13-8-14(16)10-15(18)9-13/h8-10,12,18H,4-7,11H2,1-3H3. The molecule has 0 saturated heterocycles. The normalized spacial score (nSPS) is 11.4. The first-order chi connectivity index (χ1) is 8.52. The highest BCUT2D eigenvalue weighted by Gasteiger charge is 2.11. The molecule has 1 aromatic rings. The highest BCUT2D eigenvalue weighted by molar-refractivity contribution is 5.28. The van der Waals surface area contributed by atoms with Gasteiger partial charge in [0, 0.05) is 18.7 Å². The number of phenols is 1. The maximum atomic E-state index is 13.2. The molecular weight excluding hydrogens is 229 g/mol. The molecule has 0 saturated carbocycles. The van der Waals surface area contributed by atoms with Crippen LogP contribution in [0.25, 0.3) is 0 Å². The van der Waals surface area contributed by atoms with E-state index in [0.717, 1.165) is 24.6 Å². The molecule has 0 aliphatic heterocycles. The first-order valence-electron chi connectivity index (χ1n) is 6.75. The molecule has 0 unspecified atom stereocenters. The topological polar surface area (TPSA) is 23.5 Å². The van der Waals surface area contributed by atoms with Crippen molar-refractivity contribution in [2.24, 2.45) is 0 Å². The Kier molecular flexibility index (Phi) is 6.13. The van der Waals surface area contributed by atoms with Gasteiger partial charge in [-0.15, -0.1) is 0 Å². The Labute approximate surface area is 109 Å². The van der Waals surface area contributed by atoms with Gasteiger partial charge in [-0.1, -0.05) is 19.8 Å². The quantitative estimate of drug-likeness (QED) is 0.744. The summed E-state index contributed by atoms with van der Waals surface area (Å²) in [6, 6.07) is 4.69. The van der Waals surface area contributed by atoms with Gasteiger partial charge in [0.15, 0.2) is 0 Å². The van der Waals surface area contributed by atoms with E-state index in [1.807, 2.05) is 0 Å². The Morgan fingerprint density at radius 3 is 2.50 bits per heavy atom. The molecular formula is C15H24FNO. The van der Waals surface area contributed by atoms with Crippen LogP contribution in [0.2, 0.25) is 0 Å². The van der Waals surface area contributed by atoms with Gasteiger partial charge in [-0.05, 0) is 44.5 Å². The van der Waals surface area contributed by atoms with E-state index >= 15 is 0 Å². The maximum absolute atomic E-state index is 13.2. The Bertz CT molecular complexity index is 345. The molecule has 0 amide bonds. The van der Waals surface area contributed by atoms with Gasteiger partial charge in [0.2, 0.25) is 0 Å². The van der Waals surface area contributed by atoms with Crippen LogP contribution in [-0.4, -0.2) is 22.6 Å². The number of hydrogen-bond acceptors (Lipinski definition) is 2. The Morgan fingerprint density at radius 2 is 1.94 bits per heavy atom. The van der Waals surface area contributed by atoms with Crippen molar-refractivity contribution in [3.8, 4) is 5.75 Å². The van der Waals surface area contributed by atoms with Crippen LogP contribution in [0.4, 0.5) is 4.39 Å². The third-order valence-electron chi connectivity index (χ3n) is 3.11. The number of hydrogen-bond donors (Lipinski definition) is 1. The molecule has 0 fully saturated rings. The van der Waals surface area contributed by atoms with Crippen molar-refractivity contribution < 1.29 is 9.50 Å². The molecule has 0 aromatic heterocycles. The van der Waals surface area contributed by atoms with Gasteiger partial charge in [0.25, 0.3) is 0 Å². The van der Waals surface area contributed by atoms with Crippen LogP contribution >= 0.6 is 0 Å². The summed E-state index contributed by atoms with van der Waals surface area (Å²) < 4.78 is 13.2. The van der Waals surface area contributed by atoms with Gasteiger partial charge in [-0.3, -0.25) is 4.90 Å². The Morgan fingerprint density at radius 1 is 1.22 bits per heavy atom. The fourth-order valence-corrected chi connectivity index (χ4v) is 2.04. The third-order valence-corrected chi connectivity index (χ3v) is 3.11. The minimum atomic E-state index is -0.373. The first kappa shape index (κ1) is 15.0. The highest BCUT2D eigenvalue weighted by Crippen LogP contribution is 2.17. The van der Waals surface area contributed by atoms with Gasteiger partial charge in [-0.2, -0.15) is 0 Å². The number of rotatable bonds is 7. The minimum absolute atomic E-state index is 0.00210. The summed E-state index contributed by atoms with van der Waals surface area (Å²) >= 11 is 0. The molecule has 0 bridgehead atoms. The molecule has 1 N–H and O–H groups in total. The van der Waals surface area contributed by atoms with Gasteiger partial charge in [0.1, 0.15) is 11.6 Å². The van der Waals surface area contributed by atoms with Gasteiger partial charge >= 0.3 is 0 Å². The molecule has 0 aliphatic carbocycles. The van der Waals surface area contributed by atoms with Crippen molar-refractivity contribution in [3.63, 3.8) is 0 Å². The summed E-state index contributed by atoms with van der Waals surface area (Å²) in [7, 11) is 0. The van der Waals surface area contributed by atoms with Crippen LogP contribution in [0.3, 0.4) is 0 Å². The van der Waals surface area contributed by atoms with Crippen molar-refractivity contribution in [2.75, 3.05) is 6.54 Å².